The summed E-state index contributed by atoms with van der Waals surface area (Å²) in [5.41, 5.74) is 0.811. The van der Waals surface area contributed by atoms with Crippen molar-refractivity contribution < 1.29 is 9.28 Å². The quantitative estimate of drug-likeness (QED) is 0.687. The number of benzene rings is 1. The molecule has 76 valence electrons. The first-order chi connectivity index (χ1) is 7.24. The molecule has 0 radical (unpaired) electrons. The van der Waals surface area contributed by atoms with Crippen LogP contribution < -0.4 is 11.0 Å². The summed E-state index contributed by atoms with van der Waals surface area (Å²) in [6.45, 7) is 0. The van der Waals surface area contributed by atoms with Crippen molar-refractivity contribution in [2.75, 3.05) is 0 Å². The summed E-state index contributed by atoms with van der Waals surface area (Å²) in [7, 11) is 0. The molecule has 2 N–H and O–H groups in total. The van der Waals surface area contributed by atoms with Crippen molar-refractivity contribution >= 4 is 16.8 Å². The summed E-state index contributed by atoms with van der Waals surface area (Å²) >= 11 is 0. The van der Waals surface area contributed by atoms with E-state index < -0.39 is 11.3 Å². The lowest BCUT2D eigenvalue weighted by Gasteiger charge is -1.99. The van der Waals surface area contributed by atoms with Gasteiger partial charge in [-0.05, 0) is 12.1 Å². The Hall–Kier alpha value is -2.17. The molecule has 0 saturated heterocycles. The van der Waals surface area contributed by atoms with E-state index in [9.17, 15) is 14.1 Å². The fraction of sp³-hybridized carbons (Fsp3) is 0. The van der Waals surface area contributed by atoms with Gasteiger partial charge in [-0.25, -0.2) is 0 Å². The molecule has 15 heavy (non-hydrogen) atoms. The maximum atomic E-state index is 11.9. The van der Waals surface area contributed by atoms with Gasteiger partial charge in [-0.3, -0.25) is 9.59 Å². The maximum Gasteiger partial charge on any atom is 0.284 e. The second-order valence-electron chi connectivity index (χ2n) is 3.00. The summed E-state index contributed by atoms with van der Waals surface area (Å²) in [6.07, 6.45) is 1.19. The molecule has 1 aromatic carbocycles. The lowest BCUT2D eigenvalue weighted by atomic mass is 10.1. The van der Waals surface area contributed by atoms with Gasteiger partial charge in [-0.2, -0.15) is 5.54 Å². The van der Waals surface area contributed by atoms with Gasteiger partial charge in [-0.1, -0.05) is 16.6 Å². The van der Waals surface area contributed by atoms with Crippen LogP contribution >= 0.6 is 0 Å². The molecular formula is C10H7FN2O2. The Morgan fingerprint density at radius 3 is 2.80 bits per heavy atom. The van der Waals surface area contributed by atoms with Crippen LogP contribution in [0.3, 0.4) is 0 Å². The summed E-state index contributed by atoms with van der Waals surface area (Å²) in [4.78, 5) is 25.4. The topological polar surface area (TPSA) is 62.0 Å². The molecule has 5 heteroatoms. The number of rotatable bonds is 1. The summed E-state index contributed by atoms with van der Waals surface area (Å²) in [5, 5.41) is 0.360. The van der Waals surface area contributed by atoms with E-state index in [0.29, 0.717) is 10.9 Å². The molecule has 0 unspecified atom stereocenters. The number of H-pyrrole nitrogens is 1. The highest BCUT2D eigenvalue weighted by Gasteiger charge is 2.11. The second-order valence-corrected chi connectivity index (χ2v) is 3.00. The molecule has 0 aliphatic carbocycles. The second kappa shape index (κ2) is 3.53. The highest BCUT2D eigenvalue weighted by Crippen LogP contribution is 2.06. The van der Waals surface area contributed by atoms with Gasteiger partial charge in [0.15, 0.2) is 0 Å². The average molecular weight is 206 g/mol. The number of para-hydroxylation sites is 1. The lowest BCUT2D eigenvalue weighted by Crippen LogP contribution is -2.23. The highest BCUT2D eigenvalue weighted by molar-refractivity contribution is 5.96. The van der Waals surface area contributed by atoms with Crippen LogP contribution in [0.5, 0.6) is 0 Å². The molecule has 0 saturated carbocycles. The summed E-state index contributed by atoms with van der Waals surface area (Å²) in [6, 6.07) is 6.71. The Balaban J connectivity index is 2.76. The number of amides is 1. The minimum absolute atomic E-state index is 0.240. The maximum absolute atomic E-state index is 11.9. The molecule has 0 atom stereocenters. The van der Waals surface area contributed by atoms with Gasteiger partial charge in [0.1, 0.15) is 5.56 Å². The minimum atomic E-state index is -1.04. The fourth-order valence-electron chi connectivity index (χ4n) is 1.39. The third-order valence-corrected chi connectivity index (χ3v) is 2.12. The predicted molar refractivity (Wildman–Crippen MR) is 53.1 cm³/mol. The van der Waals surface area contributed by atoms with Crippen LogP contribution in [0.2, 0.25) is 0 Å². The van der Waals surface area contributed by atoms with Crippen LogP contribution in [0.1, 0.15) is 10.4 Å². The van der Waals surface area contributed by atoms with Crippen LogP contribution in [-0.2, 0) is 0 Å². The van der Waals surface area contributed by atoms with Gasteiger partial charge in [0.05, 0.1) is 0 Å². The number of carbonyl (C=O) groups excluding carboxylic acids is 1. The average Bonchev–Trinajstić information content (AvgIpc) is 2.29. The van der Waals surface area contributed by atoms with Gasteiger partial charge >= 0.3 is 0 Å². The van der Waals surface area contributed by atoms with Crippen molar-refractivity contribution in [3.63, 3.8) is 0 Å². The van der Waals surface area contributed by atoms with Crippen molar-refractivity contribution in [2.24, 2.45) is 0 Å². The molecule has 2 aromatic rings. The van der Waals surface area contributed by atoms with E-state index in [2.05, 4.69) is 4.98 Å². The number of aromatic nitrogens is 1. The zero-order valence-corrected chi connectivity index (χ0v) is 7.58. The van der Waals surface area contributed by atoms with E-state index in [1.54, 1.807) is 24.3 Å². The number of nitrogens with one attached hydrogen (secondary N) is 2. The fourth-order valence-corrected chi connectivity index (χ4v) is 1.39. The molecule has 0 fully saturated rings. The molecule has 1 aromatic heterocycles. The molecule has 2 rings (SSSR count). The number of hydrogen-bond donors (Lipinski definition) is 2. The minimum Gasteiger partial charge on any atom is -0.360 e. The molecule has 0 spiro atoms. The highest BCUT2D eigenvalue weighted by atomic mass is 19.2. The van der Waals surface area contributed by atoms with Crippen molar-refractivity contribution in [2.45, 2.75) is 0 Å². The standard InChI is InChI=1S/C10H7FN2O2/c11-13-10(15)7-5-12-8-4-2-1-3-6(8)9(7)14/h1-5H,(H,12,14)(H,13,15). The normalized spacial score (nSPS) is 10.2. The number of carbonyl (C=O) groups is 1. The Morgan fingerprint density at radius 2 is 2.07 bits per heavy atom. The van der Waals surface area contributed by atoms with E-state index in [0.717, 1.165) is 5.54 Å². The molecule has 1 heterocycles. The molecule has 0 aliphatic rings. The molecule has 0 bridgehead atoms. The van der Waals surface area contributed by atoms with E-state index in [-0.39, 0.29) is 5.56 Å². The van der Waals surface area contributed by atoms with Crippen molar-refractivity contribution in [3.8, 4) is 0 Å². The predicted octanol–water partition coefficient (Wildman–Crippen LogP) is 1.14. The zero-order chi connectivity index (χ0) is 10.8. The van der Waals surface area contributed by atoms with Crippen LogP contribution in [0.15, 0.2) is 35.3 Å². The van der Waals surface area contributed by atoms with Crippen LogP contribution in [0.25, 0.3) is 10.9 Å². The van der Waals surface area contributed by atoms with Gasteiger partial charge in [0.25, 0.3) is 5.91 Å². The summed E-state index contributed by atoms with van der Waals surface area (Å²) < 4.78 is 11.9. The molecule has 1 amide bonds. The Labute approximate surface area is 83.7 Å². The van der Waals surface area contributed by atoms with E-state index in [1.165, 1.54) is 6.20 Å². The molecule has 0 aliphatic heterocycles. The first-order valence-electron chi connectivity index (χ1n) is 4.25. The van der Waals surface area contributed by atoms with E-state index in [1.807, 2.05) is 0 Å². The third kappa shape index (κ3) is 1.48. The van der Waals surface area contributed by atoms with Gasteiger partial charge in [0.2, 0.25) is 5.43 Å². The largest absolute Gasteiger partial charge is 0.360 e. The Bertz CT molecular complexity index is 577. The van der Waals surface area contributed by atoms with Gasteiger partial charge in [-0.15, -0.1) is 0 Å². The van der Waals surface area contributed by atoms with Crippen LogP contribution in [-0.4, -0.2) is 10.9 Å². The number of aromatic amines is 1. The first-order valence-corrected chi connectivity index (χ1v) is 4.25. The zero-order valence-electron chi connectivity index (χ0n) is 7.58. The smallest absolute Gasteiger partial charge is 0.284 e. The number of halogens is 1. The molecular weight excluding hydrogens is 199 g/mol. The number of hydrogen-bond acceptors (Lipinski definition) is 2. The van der Waals surface area contributed by atoms with Crippen molar-refractivity contribution in [3.05, 3.63) is 46.2 Å². The van der Waals surface area contributed by atoms with Crippen LogP contribution in [0, 0.1) is 0 Å². The lowest BCUT2D eigenvalue weighted by molar-refractivity contribution is 0.0858. The van der Waals surface area contributed by atoms with E-state index >= 15 is 0 Å². The molecule has 4 nitrogen and oxygen atoms in total. The monoisotopic (exact) mass is 206 g/mol. The van der Waals surface area contributed by atoms with Gasteiger partial charge in [0, 0.05) is 17.1 Å². The Morgan fingerprint density at radius 1 is 1.33 bits per heavy atom. The number of fused-ring (bicyclic) bond motifs is 1. The summed E-state index contributed by atoms with van der Waals surface area (Å²) in [5.74, 6) is -1.04. The third-order valence-electron chi connectivity index (χ3n) is 2.12. The first kappa shape index (κ1) is 9.39. The SMILES string of the molecule is O=C(NF)c1c[nH]c2ccccc2c1=O. The van der Waals surface area contributed by atoms with Gasteiger partial charge < -0.3 is 4.98 Å². The number of pyridine rings is 1. The van der Waals surface area contributed by atoms with Crippen molar-refractivity contribution in [1.29, 1.82) is 0 Å². The van der Waals surface area contributed by atoms with Crippen molar-refractivity contribution in [1.82, 2.24) is 10.5 Å². The Kier molecular flexibility index (Phi) is 2.21. The van der Waals surface area contributed by atoms with Crippen LogP contribution in [0.4, 0.5) is 4.48 Å². The van der Waals surface area contributed by atoms with E-state index in [4.69, 9.17) is 0 Å².